The van der Waals surface area contributed by atoms with E-state index in [2.05, 4.69) is 22.4 Å². The SMILES string of the molecule is CCCc1cc(NC(=O)c2cccc(COC)c2)n[nH]1. The van der Waals surface area contributed by atoms with Crippen LogP contribution in [-0.4, -0.2) is 23.2 Å². The molecule has 20 heavy (non-hydrogen) atoms. The monoisotopic (exact) mass is 273 g/mol. The second-order valence-corrected chi connectivity index (χ2v) is 4.62. The Morgan fingerprint density at radius 3 is 3.00 bits per heavy atom. The lowest BCUT2D eigenvalue weighted by Gasteiger charge is -2.04. The zero-order chi connectivity index (χ0) is 14.4. The van der Waals surface area contributed by atoms with E-state index in [1.165, 1.54) is 0 Å². The Kier molecular flexibility index (Phi) is 4.90. The lowest BCUT2D eigenvalue weighted by Crippen LogP contribution is -2.12. The number of H-pyrrole nitrogens is 1. The highest BCUT2D eigenvalue weighted by Crippen LogP contribution is 2.11. The number of amides is 1. The molecule has 0 aliphatic rings. The van der Waals surface area contributed by atoms with E-state index in [9.17, 15) is 4.79 Å². The number of rotatable bonds is 6. The van der Waals surface area contributed by atoms with E-state index in [1.807, 2.05) is 24.3 Å². The summed E-state index contributed by atoms with van der Waals surface area (Å²) in [6, 6.07) is 9.22. The van der Waals surface area contributed by atoms with E-state index in [0.717, 1.165) is 24.1 Å². The van der Waals surface area contributed by atoms with Crippen LogP contribution >= 0.6 is 0 Å². The maximum Gasteiger partial charge on any atom is 0.256 e. The van der Waals surface area contributed by atoms with Crippen LogP contribution < -0.4 is 5.32 Å². The van der Waals surface area contributed by atoms with Crippen LogP contribution in [0.25, 0.3) is 0 Å². The Labute approximate surface area is 118 Å². The standard InChI is InChI=1S/C15H19N3O2/c1-3-5-13-9-14(18-17-13)16-15(19)12-7-4-6-11(8-12)10-20-2/h4,6-9H,3,5,10H2,1-2H3,(H2,16,17,18,19). The predicted molar refractivity (Wildman–Crippen MR) is 77.7 cm³/mol. The van der Waals surface area contributed by atoms with Gasteiger partial charge in [-0.2, -0.15) is 5.10 Å². The minimum absolute atomic E-state index is 0.169. The van der Waals surface area contributed by atoms with E-state index in [1.54, 1.807) is 13.2 Å². The molecule has 2 aromatic rings. The molecule has 0 bridgehead atoms. The summed E-state index contributed by atoms with van der Waals surface area (Å²) in [5.41, 5.74) is 2.59. The molecule has 5 heteroatoms. The Morgan fingerprint density at radius 1 is 1.40 bits per heavy atom. The average Bonchev–Trinajstić information content (AvgIpc) is 2.87. The van der Waals surface area contributed by atoms with E-state index in [4.69, 9.17) is 4.74 Å². The average molecular weight is 273 g/mol. The fourth-order valence-corrected chi connectivity index (χ4v) is 1.98. The quantitative estimate of drug-likeness (QED) is 0.850. The number of ether oxygens (including phenoxy) is 1. The molecule has 0 atom stereocenters. The van der Waals surface area contributed by atoms with Gasteiger partial charge in [0.15, 0.2) is 5.82 Å². The maximum atomic E-state index is 12.1. The number of nitrogens with zero attached hydrogens (tertiary/aromatic N) is 1. The smallest absolute Gasteiger partial charge is 0.256 e. The molecule has 1 amide bonds. The first-order chi connectivity index (χ1) is 9.72. The highest BCUT2D eigenvalue weighted by molar-refractivity contribution is 6.03. The lowest BCUT2D eigenvalue weighted by molar-refractivity contribution is 0.102. The molecule has 0 aliphatic carbocycles. The second-order valence-electron chi connectivity index (χ2n) is 4.62. The van der Waals surface area contributed by atoms with Crippen molar-refractivity contribution in [1.29, 1.82) is 0 Å². The number of carbonyl (C=O) groups is 1. The summed E-state index contributed by atoms with van der Waals surface area (Å²) in [6.45, 7) is 2.59. The van der Waals surface area contributed by atoms with Gasteiger partial charge in [-0.3, -0.25) is 9.89 Å². The van der Waals surface area contributed by atoms with Crippen molar-refractivity contribution >= 4 is 11.7 Å². The van der Waals surface area contributed by atoms with Crippen LogP contribution in [0.4, 0.5) is 5.82 Å². The van der Waals surface area contributed by atoms with Gasteiger partial charge in [0, 0.05) is 24.4 Å². The summed E-state index contributed by atoms with van der Waals surface area (Å²) in [5.74, 6) is 0.382. The van der Waals surface area contributed by atoms with Crippen LogP contribution in [0.15, 0.2) is 30.3 Å². The van der Waals surface area contributed by atoms with Gasteiger partial charge in [0.25, 0.3) is 5.91 Å². The van der Waals surface area contributed by atoms with Crippen molar-refractivity contribution in [3.8, 4) is 0 Å². The number of hydrogen-bond donors (Lipinski definition) is 2. The van der Waals surface area contributed by atoms with E-state index < -0.39 is 0 Å². The Bertz CT molecular complexity index is 578. The highest BCUT2D eigenvalue weighted by Gasteiger charge is 2.09. The molecule has 2 rings (SSSR count). The summed E-state index contributed by atoms with van der Waals surface area (Å²) in [7, 11) is 1.63. The molecule has 1 heterocycles. The van der Waals surface area contributed by atoms with Gasteiger partial charge < -0.3 is 10.1 Å². The van der Waals surface area contributed by atoms with Crippen molar-refractivity contribution < 1.29 is 9.53 Å². The largest absolute Gasteiger partial charge is 0.380 e. The molecule has 2 N–H and O–H groups in total. The van der Waals surface area contributed by atoms with E-state index in [-0.39, 0.29) is 5.91 Å². The minimum atomic E-state index is -0.169. The summed E-state index contributed by atoms with van der Waals surface area (Å²) in [6.07, 6.45) is 1.96. The summed E-state index contributed by atoms with van der Waals surface area (Å²) < 4.78 is 5.06. The number of benzene rings is 1. The number of carbonyl (C=O) groups excluding carboxylic acids is 1. The molecule has 0 fully saturated rings. The van der Waals surface area contributed by atoms with Crippen molar-refractivity contribution in [2.24, 2.45) is 0 Å². The summed E-state index contributed by atoms with van der Waals surface area (Å²) in [5, 5.41) is 9.77. The van der Waals surface area contributed by atoms with Crippen molar-refractivity contribution in [3.05, 3.63) is 47.2 Å². The number of aryl methyl sites for hydroxylation is 1. The van der Waals surface area contributed by atoms with Crippen molar-refractivity contribution in [2.45, 2.75) is 26.4 Å². The number of nitrogens with one attached hydrogen (secondary N) is 2. The van der Waals surface area contributed by atoms with E-state index in [0.29, 0.717) is 18.0 Å². The highest BCUT2D eigenvalue weighted by atomic mass is 16.5. The third-order valence-electron chi connectivity index (χ3n) is 2.89. The lowest BCUT2D eigenvalue weighted by atomic mass is 10.1. The first kappa shape index (κ1) is 14.3. The van der Waals surface area contributed by atoms with Gasteiger partial charge in [-0.15, -0.1) is 0 Å². The molecule has 0 aliphatic heterocycles. The number of anilines is 1. The van der Waals surface area contributed by atoms with Crippen LogP contribution in [0.5, 0.6) is 0 Å². The van der Waals surface area contributed by atoms with Gasteiger partial charge in [-0.25, -0.2) is 0 Å². The number of aromatic nitrogens is 2. The van der Waals surface area contributed by atoms with Crippen LogP contribution in [0, 0.1) is 0 Å². The van der Waals surface area contributed by atoms with Crippen LogP contribution in [0.3, 0.4) is 0 Å². The zero-order valence-electron chi connectivity index (χ0n) is 11.8. The molecule has 0 unspecified atom stereocenters. The van der Waals surface area contributed by atoms with Gasteiger partial charge in [-0.05, 0) is 24.1 Å². The van der Waals surface area contributed by atoms with Gasteiger partial charge in [0.1, 0.15) is 0 Å². The number of hydrogen-bond acceptors (Lipinski definition) is 3. The molecular formula is C15H19N3O2. The zero-order valence-corrected chi connectivity index (χ0v) is 11.8. The number of methoxy groups -OCH3 is 1. The molecule has 1 aromatic carbocycles. The Morgan fingerprint density at radius 2 is 2.25 bits per heavy atom. The van der Waals surface area contributed by atoms with Gasteiger partial charge in [0.05, 0.1) is 6.61 Å². The molecule has 0 spiro atoms. The molecule has 0 radical (unpaired) electrons. The molecule has 1 aromatic heterocycles. The summed E-state index contributed by atoms with van der Waals surface area (Å²) >= 11 is 0. The molecular weight excluding hydrogens is 254 g/mol. The fourth-order valence-electron chi connectivity index (χ4n) is 1.98. The molecule has 5 nitrogen and oxygen atoms in total. The summed E-state index contributed by atoms with van der Waals surface area (Å²) in [4.78, 5) is 12.1. The maximum absolute atomic E-state index is 12.1. The van der Waals surface area contributed by atoms with Crippen LogP contribution in [0.1, 0.15) is 35.0 Å². The third kappa shape index (κ3) is 3.68. The first-order valence-corrected chi connectivity index (χ1v) is 6.66. The minimum Gasteiger partial charge on any atom is -0.380 e. The van der Waals surface area contributed by atoms with Crippen molar-refractivity contribution in [1.82, 2.24) is 10.2 Å². The molecule has 0 saturated heterocycles. The third-order valence-corrected chi connectivity index (χ3v) is 2.89. The predicted octanol–water partition coefficient (Wildman–Crippen LogP) is 2.76. The van der Waals surface area contributed by atoms with Gasteiger partial charge in [0.2, 0.25) is 0 Å². The van der Waals surface area contributed by atoms with Gasteiger partial charge >= 0.3 is 0 Å². The first-order valence-electron chi connectivity index (χ1n) is 6.66. The van der Waals surface area contributed by atoms with Crippen LogP contribution in [-0.2, 0) is 17.8 Å². The molecule has 106 valence electrons. The number of aromatic amines is 1. The van der Waals surface area contributed by atoms with Crippen LogP contribution in [0.2, 0.25) is 0 Å². The normalized spacial score (nSPS) is 10.5. The van der Waals surface area contributed by atoms with Crippen molar-refractivity contribution in [2.75, 3.05) is 12.4 Å². The second kappa shape index (κ2) is 6.86. The Hall–Kier alpha value is -2.14. The molecule has 0 saturated carbocycles. The fraction of sp³-hybridized carbons (Fsp3) is 0.333. The van der Waals surface area contributed by atoms with Gasteiger partial charge in [-0.1, -0.05) is 25.5 Å². The topological polar surface area (TPSA) is 67.0 Å². The Balaban J connectivity index is 2.05. The van der Waals surface area contributed by atoms with E-state index >= 15 is 0 Å². The van der Waals surface area contributed by atoms with Crippen molar-refractivity contribution in [3.63, 3.8) is 0 Å².